The Morgan fingerprint density at radius 1 is 1.37 bits per heavy atom. The molecule has 8 heteroatoms. The maximum atomic E-state index is 12.1. The summed E-state index contributed by atoms with van der Waals surface area (Å²) in [6, 6.07) is 3.80. The Morgan fingerprint density at radius 3 is 2.80 bits per heavy atom. The predicted molar refractivity (Wildman–Crippen MR) is 113 cm³/mol. The first-order chi connectivity index (χ1) is 14.3. The minimum atomic E-state index is -0.623. The summed E-state index contributed by atoms with van der Waals surface area (Å²) in [5.74, 6) is 0.423. The number of aryl methyl sites for hydroxylation is 2. The molecule has 0 bridgehead atoms. The summed E-state index contributed by atoms with van der Waals surface area (Å²) in [6.07, 6.45) is 3.82. The van der Waals surface area contributed by atoms with Crippen molar-refractivity contribution in [2.24, 2.45) is 7.05 Å². The Hall–Kier alpha value is -3.29. The van der Waals surface area contributed by atoms with Gasteiger partial charge in [0.1, 0.15) is 17.6 Å². The molecular weight excluding hydrogens is 386 g/mol. The molecule has 0 saturated heterocycles. The van der Waals surface area contributed by atoms with Crippen molar-refractivity contribution in [2.75, 3.05) is 18.5 Å². The van der Waals surface area contributed by atoms with E-state index in [1.807, 2.05) is 32.9 Å². The average molecular weight is 413 g/mol. The number of carbonyl (C=O) groups excluding carboxylic acids is 2. The van der Waals surface area contributed by atoms with Crippen LogP contribution in [0.25, 0.3) is 6.08 Å². The molecule has 1 aromatic heterocycles. The number of nitrogens with one attached hydrogen (secondary N) is 1. The highest BCUT2D eigenvalue weighted by Crippen LogP contribution is 2.35. The van der Waals surface area contributed by atoms with Gasteiger partial charge in [-0.3, -0.25) is 9.48 Å². The summed E-state index contributed by atoms with van der Waals surface area (Å²) in [6.45, 7) is 7.68. The number of amides is 1. The lowest BCUT2D eigenvalue weighted by molar-refractivity contribution is -0.142. The molecule has 0 spiro atoms. The molecule has 0 unspecified atom stereocenters. The Bertz CT molecular complexity index is 993. The van der Waals surface area contributed by atoms with E-state index in [2.05, 4.69) is 10.4 Å². The SMILES string of the molecule is CCOc1cc2c(cc1/C=C/C(=O)OCC(=O)Nc1c(C)nn(C)c1C)O[C@H](C)C2. The van der Waals surface area contributed by atoms with E-state index < -0.39 is 11.9 Å². The highest BCUT2D eigenvalue weighted by atomic mass is 16.5. The molecule has 1 aliphatic heterocycles. The molecule has 1 amide bonds. The number of benzene rings is 1. The normalized spacial score (nSPS) is 15.0. The van der Waals surface area contributed by atoms with Crippen molar-refractivity contribution in [2.45, 2.75) is 40.2 Å². The second kappa shape index (κ2) is 9.02. The van der Waals surface area contributed by atoms with Gasteiger partial charge in [0.15, 0.2) is 6.61 Å². The number of fused-ring (bicyclic) bond motifs is 1. The van der Waals surface area contributed by atoms with Crippen LogP contribution in [-0.2, 0) is 27.8 Å². The predicted octanol–water partition coefficient (Wildman–Crippen LogP) is 2.95. The summed E-state index contributed by atoms with van der Waals surface area (Å²) in [5, 5.41) is 6.96. The highest BCUT2D eigenvalue weighted by molar-refractivity contribution is 5.95. The van der Waals surface area contributed by atoms with Gasteiger partial charge in [0, 0.05) is 30.7 Å². The number of ether oxygens (including phenoxy) is 3. The molecule has 3 rings (SSSR count). The smallest absolute Gasteiger partial charge is 0.331 e. The fourth-order valence-electron chi connectivity index (χ4n) is 3.34. The van der Waals surface area contributed by atoms with Crippen LogP contribution in [0.2, 0.25) is 0 Å². The van der Waals surface area contributed by atoms with Crippen LogP contribution in [-0.4, -0.2) is 41.0 Å². The quantitative estimate of drug-likeness (QED) is 0.554. The fourth-order valence-corrected chi connectivity index (χ4v) is 3.34. The molecule has 2 heterocycles. The van der Waals surface area contributed by atoms with E-state index in [9.17, 15) is 9.59 Å². The molecule has 160 valence electrons. The third-order valence-electron chi connectivity index (χ3n) is 4.85. The Balaban J connectivity index is 1.61. The minimum Gasteiger partial charge on any atom is -0.493 e. The van der Waals surface area contributed by atoms with Crippen molar-refractivity contribution < 1.29 is 23.8 Å². The first kappa shape index (κ1) is 21.4. The Labute approximate surface area is 175 Å². The molecule has 0 radical (unpaired) electrons. The maximum Gasteiger partial charge on any atom is 0.331 e. The van der Waals surface area contributed by atoms with Gasteiger partial charge in [-0.25, -0.2) is 4.79 Å². The number of hydrogen-bond acceptors (Lipinski definition) is 6. The molecule has 30 heavy (non-hydrogen) atoms. The molecule has 1 atom stereocenters. The van der Waals surface area contributed by atoms with Gasteiger partial charge >= 0.3 is 5.97 Å². The van der Waals surface area contributed by atoms with Crippen LogP contribution < -0.4 is 14.8 Å². The molecule has 1 aliphatic rings. The summed E-state index contributed by atoms with van der Waals surface area (Å²) in [7, 11) is 1.80. The topological polar surface area (TPSA) is 91.7 Å². The number of aromatic nitrogens is 2. The van der Waals surface area contributed by atoms with E-state index in [1.54, 1.807) is 24.7 Å². The van der Waals surface area contributed by atoms with Crippen LogP contribution >= 0.6 is 0 Å². The van der Waals surface area contributed by atoms with Gasteiger partial charge in [0.2, 0.25) is 0 Å². The number of carbonyl (C=O) groups is 2. The van der Waals surface area contributed by atoms with Crippen molar-refractivity contribution >= 4 is 23.6 Å². The fraction of sp³-hybridized carbons (Fsp3) is 0.409. The zero-order valence-electron chi connectivity index (χ0n) is 17.9. The molecule has 0 aliphatic carbocycles. The van der Waals surface area contributed by atoms with Gasteiger partial charge in [-0.1, -0.05) is 0 Å². The monoisotopic (exact) mass is 413 g/mol. The molecule has 2 aromatic rings. The lowest BCUT2D eigenvalue weighted by atomic mass is 10.1. The minimum absolute atomic E-state index is 0.115. The van der Waals surface area contributed by atoms with Crippen LogP contribution in [0.15, 0.2) is 18.2 Å². The number of nitrogens with zero attached hydrogens (tertiary/aromatic N) is 2. The van der Waals surface area contributed by atoms with E-state index in [-0.39, 0.29) is 12.7 Å². The third-order valence-corrected chi connectivity index (χ3v) is 4.85. The number of anilines is 1. The Kier molecular flexibility index (Phi) is 6.44. The molecule has 1 aromatic carbocycles. The summed E-state index contributed by atoms with van der Waals surface area (Å²) < 4.78 is 18.2. The van der Waals surface area contributed by atoms with Crippen molar-refractivity contribution in [3.8, 4) is 11.5 Å². The Morgan fingerprint density at radius 2 is 2.13 bits per heavy atom. The van der Waals surface area contributed by atoms with E-state index in [1.165, 1.54) is 6.08 Å². The van der Waals surface area contributed by atoms with Crippen molar-refractivity contribution in [3.05, 3.63) is 40.7 Å². The number of esters is 1. The molecule has 1 N–H and O–H groups in total. The number of hydrogen-bond donors (Lipinski definition) is 1. The van der Waals surface area contributed by atoms with Gasteiger partial charge in [-0.15, -0.1) is 0 Å². The maximum absolute atomic E-state index is 12.1. The average Bonchev–Trinajstić information content (AvgIpc) is 3.17. The largest absolute Gasteiger partial charge is 0.493 e. The summed E-state index contributed by atoms with van der Waals surface area (Å²) in [5.41, 5.74) is 3.95. The van der Waals surface area contributed by atoms with E-state index in [0.717, 1.165) is 23.4 Å². The second-order valence-electron chi connectivity index (χ2n) is 7.22. The second-order valence-corrected chi connectivity index (χ2v) is 7.22. The van der Waals surface area contributed by atoms with Crippen LogP contribution in [0.4, 0.5) is 5.69 Å². The van der Waals surface area contributed by atoms with Crippen molar-refractivity contribution in [3.63, 3.8) is 0 Å². The van der Waals surface area contributed by atoms with Crippen molar-refractivity contribution in [1.82, 2.24) is 9.78 Å². The molecule has 0 saturated carbocycles. The summed E-state index contributed by atoms with van der Waals surface area (Å²) >= 11 is 0. The van der Waals surface area contributed by atoms with Gasteiger partial charge in [-0.05, 0) is 45.9 Å². The number of rotatable bonds is 7. The van der Waals surface area contributed by atoms with Crippen LogP contribution in [0.3, 0.4) is 0 Å². The first-order valence-corrected chi connectivity index (χ1v) is 9.89. The van der Waals surface area contributed by atoms with E-state index in [0.29, 0.717) is 29.3 Å². The molecule has 8 nitrogen and oxygen atoms in total. The lowest BCUT2D eigenvalue weighted by Crippen LogP contribution is -2.20. The van der Waals surface area contributed by atoms with Crippen LogP contribution in [0.5, 0.6) is 11.5 Å². The van der Waals surface area contributed by atoms with Gasteiger partial charge in [0.05, 0.1) is 23.7 Å². The zero-order chi connectivity index (χ0) is 21.8. The van der Waals surface area contributed by atoms with E-state index >= 15 is 0 Å². The zero-order valence-corrected chi connectivity index (χ0v) is 17.9. The van der Waals surface area contributed by atoms with Gasteiger partial charge in [-0.2, -0.15) is 5.10 Å². The highest BCUT2D eigenvalue weighted by Gasteiger charge is 2.21. The summed E-state index contributed by atoms with van der Waals surface area (Å²) in [4.78, 5) is 24.2. The van der Waals surface area contributed by atoms with Gasteiger partial charge < -0.3 is 19.5 Å². The van der Waals surface area contributed by atoms with Gasteiger partial charge in [0.25, 0.3) is 5.91 Å². The molecular formula is C22H27N3O5. The first-order valence-electron chi connectivity index (χ1n) is 9.89. The standard InChI is InChI=1S/C22H27N3O5/c1-6-28-18-11-17-9-13(2)30-19(17)10-16(18)7-8-21(27)29-12-20(26)23-22-14(3)24-25(5)15(22)4/h7-8,10-11,13H,6,9,12H2,1-5H3,(H,23,26)/b8-7+/t13-/m1/s1. The molecule has 0 fully saturated rings. The van der Waals surface area contributed by atoms with Crippen LogP contribution in [0.1, 0.15) is 36.4 Å². The van der Waals surface area contributed by atoms with Crippen LogP contribution in [0, 0.1) is 13.8 Å². The van der Waals surface area contributed by atoms with E-state index in [4.69, 9.17) is 14.2 Å². The third kappa shape index (κ3) is 4.82. The lowest BCUT2D eigenvalue weighted by Gasteiger charge is -2.10. The van der Waals surface area contributed by atoms with Crippen molar-refractivity contribution in [1.29, 1.82) is 0 Å².